The molecule has 0 aliphatic heterocycles. The fourth-order valence-corrected chi connectivity index (χ4v) is 1.81. The number of anilines is 3. The number of benzene rings is 1. The lowest BCUT2D eigenvalue weighted by Crippen LogP contribution is -2.13. The van der Waals surface area contributed by atoms with Gasteiger partial charge < -0.3 is 11.1 Å². The Labute approximate surface area is 112 Å². The van der Waals surface area contributed by atoms with Crippen LogP contribution in [0, 0.1) is 0 Å². The second-order valence-corrected chi connectivity index (χ2v) is 4.29. The number of rotatable bonds is 2. The molecule has 8 heteroatoms. The van der Waals surface area contributed by atoms with E-state index >= 15 is 0 Å². The summed E-state index contributed by atoms with van der Waals surface area (Å²) in [5.74, 6) is 0.462. The molecule has 96 valence electrons. The molecule has 3 rings (SSSR count). The fourth-order valence-electron chi connectivity index (χ4n) is 1.65. The monoisotopic (exact) mass is 276 g/mol. The second-order valence-electron chi connectivity index (χ2n) is 3.88. The molecule has 19 heavy (non-hydrogen) atoms. The van der Waals surface area contributed by atoms with E-state index in [1.165, 1.54) is 0 Å². The van der Waals surface area contributed by atoms with Gasteiger partial charge in [-0.15, -0.1) is 5.10 Å². The maximum Gasteiger partial charge on any atom is 0.364 e. The van der Waals surface area contributed by atoms with Crippen LogP contribution in [0.1, 0.15) is 0 Å². The number of fused-ring (bicyclic) bond motifs is 1. The molecule has 0 fully saturated rings. The van der Waals surface area contributed by atoms with Crippen molar-refractivity contribution in [3.05, 3.63) is 45.8 Å². The molecule has 0 amide bonds. The van der Waals surface area contributed by atoms with Crippen molar-refractivity contribution < 1.29 is 0 Å². The number of hydrogen-bond donors (Lipinski definition) is 3. The quantitative estimate of drug-likeness (QED) is 0.614. The van der Waals surface area contributed by atoms with Crippen LogP contribution in [0.3, 0.4) is 0 Å². The van der Waals surface area contributed by atoms with Crippen LogP contribution in [0.2, 0.25) is 5.02 Å². The Morgan fingerprint density at radius 2 is 2.16 bits per heavy atom. The number of H-pyrrole nitrogens is 1. The van der Waals surface area contributed by atoms with Crippen LogP contribution in [-0.4, -0.2) is 19.8 Å². The average molecular weight is 277 g/mol. The largest absolute Gasteiger partial charge is 0.399 e. The standard InChI is InChI=1S/C11H9ClN6O/c12-7-2-1-6(13)5-8(7)14-9-3-4-10-15-16-11(19)18(10)17-9/h1-5H,13H2,(H,14,17)(H,16,19). The fraction of sp³-hybridized carbons (Fsp3) is 0. The molecule has 0 saturated carbocycles. The topological polar surface area (TPSA) is 101 Å². The predicted octanol–water partition coefficient (Wildman–Crippen LogP) is 1.40. The first-order valence-electron chi connectivity index (χ1n) is 5.40. The molecule has 0 atom stereocenters. The molecule has 0 radical (unpaired) electrons. The summed E-state index contributed by atoms with van der Waals surface area (Å²) in [6, 6.07) is 8.42. The Morgan fingerprint density at radius 3 is 3.00 bits per heavy atom. The van der Waals surface area contributed by atoms with Crippen molar-refractivity contribution >= 4 is 34.4 Å². The molecule has 0 aliphatic rings. The zero-order valence-electron chi connectivity index (χ0n) is 9.59. The molecule has 7 nitrogen and oxygen atoms in total. The van der Waals surface area contributed by atoms with E-state index in [9.17, 15) is 4.79 Å². The summed E-state index contributed by atoms with van der Waals surface area (Å²) < 4.78 is 1.16. The average Bonchev–Trinajstić information content (AvgIpc) is 2.76. The van der Waals surface area contributed by atoms with Crippen molar-refractivity contribution in [3.8, 4) is 0 Å². The summed E-state index contributed by atoms with van der Waals surface area (Å²) in [4.78, 5) is 11.4. The number of nitrogen functional groups attached to an aromatic ring is 1. The number of halogens is 1. The van der Waals surface area contributed by atoms with E-state index in [0.717, 1.165) is 4.52 Å². The molecule has 3 aromatic rings. The normalized spacial score (nSPS) is 10.8. The molecule has 0 saturated heterocycles. The summed E-state index contributed by atoms with van der Waals surface area (Å²) in [6.07, 6.45) is 0. The SMILES string of the molecule is Nc1ccc(Cl)c(Nc2ccc3n[nH]c(=O)n3n2)c1. The van der Waals surface area contributed by atoms with Gasteiger partial charge in [0.05, 0.1) is 10.7 Å². The van der Waals surface area contributed by atoms with Gasteiger partial charge in [0.25, 0.3) is 0 Å². The maximum atomic E-state index is 11.4. The van der Waals surface area contributed by atoms with Gasteiger partial charge in [0, 0.05) is 5.69 Å². The van der Waals surface area contributed by atoms with Crippen molar-refractivity contribution in [3.63, 3.8) is 0 Å². The minimum absolute atomic E-state index is 0.405. The van der Waals surface area contributed by atoms with Crippen LogP contribution in [-0.2, 0) is 0 Å². The van der Waals surface area contributed by atoms with Crippen molar-refractivity contribution in [2.75, 3.05) is 11.1 Å². The van der Waals surface area contributed by atoms with Crippen LogP contribution >= 0.6 is 11.6 Å². The summed E-state index contributed by atoms with van der Waals surface area (Å²) in [5, 5.41) is 13.7. The highest BCUT2D eigenvalue weighted by Gasteiger charge is 2.05. The molecule has 0 bridgehead atoms. The Kier molecular flexibility index (Phi) is 2.60. The molecule has 4 N–H and O–H groups in total. The van der Waals surface area contributed by atoms with Crippen LogP contribution in [0.5, 0.6) is 0 Å². The summed E-state index contributed by atoms with van der Waals surface area (Å²) >= 11 is 6.04. The van der Waals surface area contributed by atoms with Crippen molar-refractivity contribution in [1.29, 1.82) is 0 Å². The van der Waals surface area contributed by atoms with Gasteiger partial charge in [-0.2, -0.15) is 9.61 Å². The molecular formula is C11H9ClN6O. The molecule has 2 heterocycles. The molecular weight excluding hydrogens is 268 g/mol. The first-order chi connectivity index (χ1) is 9.13. The van der Waals surface area contributed by atoms with Gasteiger partial charge >= 0.3 is 5.69 Å². The van der Waals surface area contributed by atoms with Crippen LogP contribution in [0.25, 0.3) is 5.65 Å². The van der Waals surface area contributed by atoms with E-state index in [0.29, 0.717) is 27.9 Å². The molecule has 1 aromatic carbocycles. The van der Waals surface area contributed by atoms with Gasteiger partial charge in [-0.05, 0) is 30.3 Å². The van der Waals surface area contributed by atoms with Gasteiger partial charge in [0.15, 0.2) is 11.5 Å². The third kappa shape index (κ3) is 2.11. The summed E-state index contributed by atoms with van der Waals surface area (Å²) in [7, 11) is 0. The third-order valence-electron chi connectivity index (χ3n) is 2.53. The molecule has 0 aliphatic carbocycles. The Morgan fingerprint density at radius 1 is 1.32 bits per heavy atom. The zero-order chi connectivity index (χ0) is 13.4. The molecule has 0 spiro atoms. The van der Waals surface area contributed by atoms with E-state index in [2.05, 4.69) is 20.6 Å². The first kappa shape index (κ1) is 11.5. The van der Waals surface area contributed by atoms with E-state index < -0.39 is 5.69 Å². The van der Waals surface area contributed by atoms with Gasteiger partial charge in [0.1, 0.15) is 0 Å². The lowest BCUT2D eigenvalue weighted by Gasteiger charge is -2.08. The minimum Gasteiger partial charge on any atom is -0.399 e. The first-order valence-corrected chi connectivity index (χ1v) is 5.78. The van der Waals surface area contributed by atoms with Gasteiger partial charge in [0.2, 0.25) is 0 Å². The summed E-state index contributed by atoms with van der Waals surface area (Å²) in [6.45, 7) is 0. The van der Waals surface area contributed by atoms with E-state index in [-0.39, 0.29) is 0 Å². The number of nitrogens with two attached hydrogens (primary N) is 1. The Balaban J connectivity index is 2.03. The number of hydrogen-bond acceptors (Lipinski definition) is 5. The van der Waals surface area contributed by atoms with Gasteiger partial charge in [-0.1, -0.05) is 11.6 Å². The molecule has 0 unspecified atom stereocenters. The minimum atomic E-state index is -0.405. The Bertz CT molecular complexity index is 808. The smallest absolute Gasteiger partial charge is 0.364 e. The highest BCUT2D eigenvalue weighted by Crippen LogP contribution is 2.26. The highest BCUT2D eigenvalue weighted by atomic mass is 35.5. The summed E-state index contributed by atoms with van der Waals surface area (Å²) in [5.41, 5.74) is 6.92. The number of nitrogens with zero attached hydrogens (tertiary/aromatic N) is 3. The van der Waals surface area contributed by atoms with Crippen LogP contribution in [0.15, 0.2) is 35.1 Å². The lowest BCUT2D eigenvalue weighted by atomic mass is 10.3. The van der Waals surface area contributed by atoms with Gasteiger partial charge in [-0.3, -0.25) is 0 Å². The van der Waals surface area contributed by atoms with Crippen molar-refractivity contribution in [1.82, 2.24) is 19.8 Å². The third-order valence-corrected chi connectivity index (χ3v) is 2.86. The van der Waals surface area contributed by atoms with Gasteiger partial charge in [-0.25, -0.2) is 9.89 Å². The molecule has 2 aromatic heterocycles. The number of aromatic nitrogens is 4. The van der Waals surface area contributed by atoms with E-state index in [1.54, 1.807) is 30.3 Å². The van der Waals surface area contributed by atoms with Crippen LogP contribution in [0.4, 0.5) is 17.2 Å². The van der Waals surface area contributed by atoms with Crippen LogP contribution < -0.4 is 16.7 Å². The maximum absolute atomic E-state index is 11.4. The predicted molar refractivity (Wildman–Crippen MR) is 72.8 cm³/mol. The lowest BCUT2D eigenvalue weighted by molar-refractivity contribution is 0.885. The zero-order valence-corrected chi connectivity index (χ0v) is 10.3. The number of nitrogens with one attached hydrogen (secondary N) is 2. The van der Waals surface area contributed by atoms with E-state index in [4.69, 9.17) is 17.3 Å². The number of aromatic amines is 1. The Hall–Kier alpha value is -2.54. The van der Waals surface area contributed by atoms with E-state index in [1.807, 2.05) is 0 Å². The van der Waals surface area contributed by atoms with Crippen molar-refractivity contribution in [2.24, 2.45) is 0 Å². The second kappa shape index (κ2) is 4.29. The van der Waals surface area contributed by atoms with Crippen molar-refractivity contribution in [2.45, 2.75) is 0 Å². The highest BCUT2D eigenvalue weighted by molar-refractivity contribution is 6.33.